The molecule has 0 aliphatic rings. The summed E-state index contributed by atoms with van der Waals surface area (Å²) in [7, 11) is 0. The first-order chi connectivity index (χ1) is 9.38. The van der Waals surface area contributed by atoms with Crippen molar-refractivity contribution in [2.24, 2.45) is 5.92 Å². The fourth-order valence-electron chi connectivity index (χ4n) is 2.19. The number of halogens is 3. The topological polar surface area (TPSA) is 17.1 Å². The van der Waals surface area contributed by atoms with Gasteiger partial charge in [-0.15, -0.1) is 0 Å². The second-order valence-electron chi connectivity index (χ2n) is 5.12. The van der Waals surface area contributed by atoms with Crippen LogP contribution in [0.1, 0.15) is 61.9 Å². The van der Waals surface area contributed by atoms with E-state index in [4.69, 9.17) is 0 Å². The molecule has 1 unspecified atom stereocenters. The van der Waals surface area contributed by atoms with E-state index in [9.17, 15) is 18.0 Å². The zero-order valence-electron chi connectivity index (χ0n) is 12.0. The molecule has 1 aromatic carbocycles. The second-order valence-corrected chi connectivity index (χ2v) is 5.12. The molecule has 1 nitrogen and oxygen atoms in total. The van der Waals surface area contributed by atoms with Crippen LogP contribution in [0, 0.1) is 5.92 Å². The molecule has 0 radical (unpaired) electrons. The van der Waals surface area contributed by atoms with Gasteiger partial charge in [-0.3, -0.25) is 4.79 Å². The molecule has 0 N–H and O–H groups in total. The van der Waals surface area contributed by atoms with Crippen LogP contribution >= 0.6 is 0 Å². The maximum atomic E-state index is 12.6. The summed E-state index contributed by atoms with van der Waals surface area (Å²) in [6.45, 7) is 4.10. The normalized spacial score (nSPS) is 13.2. The Kier molecular flexibility index (Phi) is 6.24. The van der Waals surface area contributed by atoms with Crippen LogP contribution in [-0.2, 0) is 6.18 Å². The zero-order valence-corrected chi connectivity index (χ0v) is 12.0. The van der Waals surface area contributed by atoms with Crippen LogP contribution in [0.25, 0.3) is 0 Å². The largest absolute Gasteiger partial charge is 0.416 e. The first kappa shape index (κ1) is 16.7. The van der Waals surface area contributed by atoms with Crippen LogP contribution in [0.4, 0.5) is 13.2 Å². The Morgan fingerprint density at radius 2 is 1.95 bits per heavy atom. The number of rotatable bonds is 7. The van der Waals surface area contributed by atoms with Crippen molar-refractivity contribution in [1.82, 2.24) is 0 Å². The molecular formula is C16H21F3O. The summed E-state index contributed by atoms with van der Waals surface area (Å²) in [5, 5.41) is 0. The predicted molar refractivity (Wildman–Crippen MR) is 73.7 cm³/mol. The van der Waals surface area contributed by atoms with Gasteiger partial charge in [0.1, 0.15) is 0 Å². The van der Waals surface area contributed by atoms with E-state index in [2.05, 4.69) is 6.92 Å². The molecule has 0 bridgehead atoms. The van der Waals surface area contributed by atoms with Crippen LogP contribution in [-0.4, -0.2) is 5.78 Å². The molecular weight excluding hydrogens is 265 g/mol. The summed E-state index contributed by atoms with van der Waals surface area (Å²) in [5.41, 5.74) is -0.597. The Hall–Kier alpha value is -1.32. The van der Waals surface area contributed by atoms with E-state index in [0.29, 0.717) is 6.42 Å². The van der Waals surface area contributed by atoms with Gasteiger partial charge in [0.05, 0.1) is 5.56 Å². The van der Waals surface area contributed by atoms with E-state index >= 15 is 0 Å². The molecule has 0 aliphatic heterocycles. The van der Waals surface area contributed by atoms with Crippen molar-refractivity contribution < 1.29 is 18.0 Å². The lowest BCUT2D eigenvalue weighted by Crippen LogP contribution is -2.11. The van der Waals surface area contributed by atoms with Crippen molar-refractivity contribution >= 4 is 5.78 Å². The molecule has 0 amide bonds. The van der Waals surface area contributed by atoms with Gasteiger partial charge in [-0.25, -0.2) is 0 Å². The van der Waals surface area contributed by atoms with Crippen LogP contribution in [0.15, 0.2) is 24.3 Å². The first-order valence-corrected chi connectivity index (χ1v) is 7.08. The minimum absolute atomic E-state index is 0.162. The number of Topliss-reactive ketones (excluding diaryl/α,β-unsaturated/α-hetero) is 1. The number of carbonyl (C=O) groups is 1. The van der Waals surface area contributed by atoms with Gasteiger partial charge in [-0.2, -0.15) is 13.2 Å². The fraction of sp³-hybridized carbons (Fsp3) is 0.562. The average Bonchev–Trinajstić information content (AvgIpc) is 2.42. The van der Waals surface area contributed by atoms with E-state index in [1.807, 2.05) is 6.92 Å². The number of hydrogen-bond acceptors (Lipinski definition) is 1. The smallest absolute Gasteiger partial charge is 0.294 e. The monoisotopic (exact) mass is 286 g/mol. The quantitative estimate of drug-likeness (QED) is 0.605. The van der Waals surface area contributed by atoms with E-state index in [1.54, 1.807) is 0 Å². The summed E-state index contributed by atoms with van der Waals surface area (Å²) in [5.74, 6) is 0.0658. The van der Waals surface area contributed by atoms with E-state index < -0.39 is 11.7 Å². The van der Waals surface area contributed by atoms with Crippen molar-refractivity contribution in [3.05, 3.63) is 35.4 Å². The minimum atomic E-state index is -4.40. The van der Waals surface area contributed by atoms with Gasteiger partial charge in [0.25, 0.3) is 0 Å². The highest BCUT2D eigenvalue weighted by Crippen LogP contribution is 2.30. The van der Waals surface area contributed by atoms with Crippen molar-refractivity contribution in [2.45, 2.75) is 52.1 Å². The van der Waals surface area contributed by atoms with Crippen molar-refractivity contribution in [3.8, 4) is 0 Å². The molecule has 0 spiro atoms. The number of benzene rings is 1. The highest BCUT2D eigenvalue weighted by molar-refractivity contribution is 5.96. The van der Waals surface area contributed by atoms with E-state index in [0.717, 1.165) is 37.8 Å². The molecule has 4 heteroatoms. The summed E-state index contributed by atoms with van der Waals surface area (Å²) < 4.78 is 37.8. The van der Waals surface area contributed by atoms with Gasteiger partial charge in [-0.05, 0) is 18.1 Å². The molecule has 0 saturated heterocycles. The molecule has 0 aliphatic carbocycles. The van der Waals surface area contributed by atoms with Gasteiger partial charge >= 0.3 is 6.18 Å². The Balaban J connectivity index is 2.76. The van der Waals surface area contributed by atoms with Crippen LogP contribution in [0.5, 0.6) is 0 Å². The van der Waals surface area contributed by atoms with Gasteiger partial charge in [0.2, 0.25) is 0 Å². The lowest BCUT2D eigenvalue weighted by molar-refractivity contribution is -0.137. The Labute approximate surface area is 118 Å². The number of unbranched alkanes of at least 4 members (excludes halogenated alkanes) is 1. The van der Waals surface area contributed by atoms with Crippen molar-refractivity contribution in [1.29, 1.82) is 0 Å². The molecule has 0 aromatic heterocycles. The average molecular weight is 286 g/mol. The Morgan fingerprint density at radius 1 is 1.25 bits per heavy atom. The lowest BCUT2D eigenvalue weighted by Gasteiger charge is -2.14. The third-order valence-corrected chi connectivity index (χ3v) is 3.53. The lowest BCUT2D eigenvalue weighted by atomic mass is 9.91. The molecule has 0 saturated carbocycles. The highest BCUT2D eigenvalue weighted by atomic mass is 19.4. The fourth-order valence-corrected chi connectivity index (χ4v) is 2.19. The van der Waals surface area contributed by atoms with Gasteiger partial charge in [-0.1, -0.05) is 51.7 Å². The Morgan fingerprint density at radius 3 is 2.50 bits per heavy atom. The maximum absolute atomic E-state index is 12.6. The van der Waals surface area contributed by atoms with Gasteiger partial charge < -0.3 is 0 Å². The number of alkyl halides is 3. The summed E-state index contributed by atoms with van der Waals surface area (Å²) in [6, 6.07) is 4.70. The third-order valence-electron chi connectivity index (χ3n) is 3.53. The Bertz CT molecular complexity index is 438. The number of ketones is 1. The zero-order chi connectivity index (χ0) is 15.2. The highest BCUT2D eigenvalue weighted by Gasteiger charge is 2.30. The van der Waals surface area contributed by atoms with Crippen molar-refractivity contribution in [2.75, 3.05) is 0 Å². The SMILES string of the molecule is CCCCC(CC)CC(=O)c1cccc(C(F)(F)F)c1. The molecule has 1 aromatic rings. The summed E-state index contributed by atoms with van der Waals surface area (Å²) >= 11 is 0. The van der Waals surface area contributed by atoms with E-state index in [1.165, 1.54) is 12.1 Å². The summed E-state index contributed by atoms with van der Waals surface area (Å²) in [4.78, 5) is 12.1. The van der Waals surface area contributed by atoms with Crippen LogP contribution < -0.4 is 0 Å². The second kappa shape index (κ2) is 7.46. The van der Waals surface area contributed by atoms with E-state index in [-0.39, 0.29) is 17.3 Å². The first-order valence-electron chi connectivity index (χ1n) is 7.08. The maximum Gasteiger partial charge on any atom is 0.416 e. The molecule has 0 heterocycles. The van der Waals surface area contributed by atoms with Crippen LogP contribution in [0.2, 0.25) is 0 Å². The summed E-state index contributed by atoms with van der Waals surface area (Å²) in [6.07, 6.45) is -0.120. The minimum Gasteiger partial charge on any atom is -0.294 e. The number of carbonyl (C=O) groups excluding carboxylic acids is 1. The standard InChI is InChI=1S/C16H21F3O/c1-3-5-7-12(4-2)10-15(20)13-8-6-9-14(11-13)16(17,18)19/h6,8-9,11-12H,3-5,7,10H2,1-2H3. The molecule has 20 heavy (non-hydrogen) atoms. The molecule has 1 rings (SSSR count). The van der Waals surface area contributed by atoms with Gasteiger partial charge in [0, 0.05) is 12.0 Å². The van der Waals surface area contributed by atoms with Crippen molar-refractivity contribution in [3.63, 3.8) is 0 Å². The van der Waals surface area contributed by atoms with Gasteiger partial charge in [0.15, 0.2) is 5.78 Å². The van der Waals surface area contributed by atoms with Crippen LogP contribution in [0.3, 0.4) is 0 Å². The molecule has 1 atom stereocenters. The number of hydrogen-bond donors (Lipinski definition) is 0. The molecule has 112 valence electrons. The third kappa shape index (κ3) is 4.99. The molecule has 0 fully saturated rings. The predicted octanol–water partition coefficient (Wildman–Crippen LogP) is 5.49.